The third-order valence-corrected chi connectivity index (χ3v) is 2.31. The van der Waals surface area contributed by atoms with Crippen molar-refractivity contribution >= 4 is 5.97 Å². The van der Waals surface area contributed by atoms with Crippen molar-refractivity contribution in [2.24, 2.45) is 0 Å². The lowest BCUT2D eigenvalue weighted by atomic mass is 9.95. The average molecular weight is 212 g/mol. The minimum Gasteiger partial charge on any atom is -0.467 e. The second-order valence-corrected chi connectivity index (χ2v) is 3.28. The number of methoxy groups -OCH3 is 1. The van der Waals surface area contributed by atoms with E-state index in [4.69, 9.17) is 0 Å². The highest BCUT2D eigenvalue weighted by Gasteiger charge is 2.26. The minimum atomic E-state index is -1.34. The maximum absolute atomic E-state index is 13.3. The standard InChI is InChI=1S/C11H13FO3/c1-7(10(13)11(14)15-2)8-5-3-4-6-9(8)12/h3-7,10,13H,1-2H3/t7-,10-/m1/s1. The molecular weight excluding hydrogens is 199 g/mol. The van der Waals surface area contributed by atoms with Crippen molar-refractivity contribution in [2.45, 2.75) is 18.9 Å². The van der Waals surface area contributed by atoms with Crippen molar-refractivity contribution in [1.29, 1.82) is 0 Å². The highest BCUT2D eigenvalue weighted by atomic mass is 19.1. The zero-order valence-electron chi connectivity index (χ0n) is 8.61. The molecule has 0 aliphatic heterocycles. The van der Waals surface area contributed by atoms with E-state index < -0.39 is 23.8 Å². The van der Waals surface area contributed by atoms with Crippen LogP contribution in [-0.2, 0) is 9.53 Å². The molecule has 1 N–H and O–H groups in total. The summed E-state index contributed by atoms with van der Waals surface area (Å²) in [6.07, 6.45) is -1.34. The Morgan fingerprint density at radius 2 is 2.07 bits per heavy atom. The van der Waals surface area contributed by atoms with E-state index in [2.05, 4.69) is 4.74 Å². The van der Waals surface area contributed by atoms with Crippen LogP contribution in [-0.4, -0.2) is 24.3 Å². The number of aliphatic hydroxyl groups is 1. The molecule has 0 saturated carbocycles. The van der Waals surface area contributed by atoms with E-state index in [0.29, 0.717) is 5.56 Å². The molecule has 3 nitrogen and oxygen atoms in total. The van der Waals surface area contributed by atoms with Gasteiger partial charge in [-0.05, 0) is 11.6 Å². The van der Waals surface area contributed by atoms with Crippen molar-refractivity contribution < 1.29 is 19.0 Å². The molecule has 0 amide bonds. The highest BCUT2D eigenvalue weighted by molar-refractivity contribution is 5.75. The summed E-state index contributed by atoms with van der Waals surface area (Å²) < 4.78 is 17.7. The Bertz CT molecular complexity index is 351. The quantitative estimate of drug-likeness (QED) is 0.771. The summed E-state index contributed by atoms with van der Waals surface area (Å²) in [4.78, 5) is 11.0. The molecule has 0 bridgehead atoms. The summed E-state index contributed by atoms with van der Waals surface area (Å²) in [5.74, 6) is -1.82. The van der Waals surface area contributed by atoms with Gasteiger partial charge >= 0.3 is 5.97 Å². The highest BCUT2D eigenvalue weighted by Crippen LogP contribution is 2.22. The number of hydrogen-bond donors (Lipinski definition) is 1. The molecule has 82 valence electrons. The van der Waals surface area contributed by atoms with Crippen LogP contribution in [0.1, 0.15) is 18.4 Å². The second-order valence-electron chi connectivity index (χ2n) is 3.28. The van der Waals surface area contributed by atoms with Crippen LogP contribution >= 0.6 is 0 Å². The summed E-state index contributed by atoms with van der Waals surface area (Å²) in [6.45, 7) is 1.57. The number of carbonyl (C=O) groups excluding carboxylic acids is 1. The van der Waals surface area contributed by atoms with Crippen LogP contribution in [0.2, 0.25) is 0 Å². The van der Waals surface area contributed by atoms with E-state index in [9.17, 15) is 14.3 Å². The van der Waals surface area contributed by atoms with Crippen molar-refractivity contribution in [2.75, 3.05) is 7.11 Å². The molecule has 1 aromatic carbocycles. The van der Waals surface area contributed by atoms with Crippen LogP contribution in [0.5, 0.6) is 0 Å². The van der Waals surface area contributed by atoms with E-state index in [0.717, 1.165) is 0 Å². The first kappa shape index (κ1) is 11.7. The third-order valence-electron chi connectivity index (χ3n) is 2.31. The Balaban J connectivity index is 2.89. The summed E-state index contributed by atoms with van der Waals surface area (Å²) >= 11 is 0. The Kier molecular flexibility index (Phi) is 3.80. The molecule has 0 aliphatic rings. The molecule has 0 aromatic heterocycles. The first-order valence-corrected chi connectivity index (χ1v) is 4.58. The van der Waals surface area contributed by atoms with Gasteiger partial charge in [0.1, 0.15) is 5.82 Å². The van der Waals surface area contributed by atoms with Crippen LogP contribution in [0.3, 0.4) is 0 Å². The van der Waals surface area contributed by atoms with Crippen LogP contribution in [0, 0.1) is 5.82 Å². The van der Waals surface area contributed by atoms with Gasteiger partial charge in [0.2, 0.25) is 0 Å². The number of benzene rings is 1. The summed E-state index contributed by atoms with van der Waals surface area (Å²) in [6, 6.07) is 6.02. The van der Waals surface area contributed by atoms with E-state index in [1.54, 1.807) is 19.1 Å². The van der Waals surface area contributed by atoms with E-state index in [1.165, 1.54) is 19.2 Å². The van der Waals surface area contributed by atoms with Crippen molar-refractivity contribution in [3.63, 3.8) is 0 Å². The molecule has 0 spiro atoms. The van der Waals surface area contributed by atoms with Crippen LogP contribution in [0.4, 0.5) is 4.39 Å². The predicted molar refractivity (Wildman–Crippen MR) is 52.8 cm³/mol. The summed E-state index contributed by atoms with van der Waals surface area (Å²) in [7, 11) is 1.18. The molecule has 15 heavy (non-hydrogen) atoms. The molecule has 4 heteroatoms. The lowest BCUT2D eigenvalue weighted by Gasteiger charge is -2.17. The van der Waals surface area contributed by atoms with Gasteiger partial charge in [-0.2, -0.15) is 0 Å². The molecule has 0 radical (unpaired) electrons. The number of halogens is 1. The fourth-order valence-electron chi connectivity index (χ4n) is 1.34. The van der Waals surface area contributed by atoms with Gasteiger partial charge in [-0.1, -0.05) is 25.1 Å². The lowest BCUT2D eigenvalue weighted by molar-refractivity contribution is -0.151. The Labute approximate surface area is 87.5 Å². The van der Waals surface area contributed by atoms with Gasteiger partial charge in [-0.25, -0.2) is 9.18 Å². The fraction of sp³-hybridized carbons (Fsp3) is 0.364. The molecular formula is C11H13FO3. The molecule has 2 atom stereocenters. The molecule has 1 aromatic rings. The average Bonchev–Trinajstić information content (AvgIpc) is 2.26. The molecule has 0 fully saturated rings. The van der Waals surface area contributed by atoms with Gasteiger partial charge in [-0.3, -0.25) is 0 Å². The molecule has 0 unspecified atom stereocenters. The lowest BCUT2D eigenvalue weighted by Crippen LogP contribution is -2.28. The largest absolute Gasteiger partial charge is 0.467 e. The maximum Gasteiger partial charge on any atom is 0.335 e. The summed E-state index contributed by atoms with van der Waals surface area (Å²) in [5.41, 5.74) is 0.301. The smallest absolute Gasteiger partial charge is 0.335 e. The Morgan fingerprint density at radius 1 is 1.47 bits per heavy atom. The van der Waals surface area contributed by atoms with Crippen LogP contribution in [0.25, 0.3) is 0 Å². The van der Waals surface area contributed by atoms with Crippen molar-refractivity contribution in [3.8, 4) is 0 Å². The van der Waals surface area contributed by atoms with Crippen LogP contribution in [0.15, 0.2) is 24.3 Å². The SMILES string of the molecule is COC(=O)[C@H](O)[C@H](C)c1ccccc1F. The maximum atomic E-state index is 13.3. The Morgan fingerprint density at radius 3 is 2.60 bits per heavy atom. The molecule has 0 saturated heterocycles. The van der Waals surface area contributed by atoms with Gasteiger partial charge in [0.25, 0.3) is 0 Å². The number of rotatable bonds is 3. The molecule has 1 rings (SSSR count). The van der Waals surface area contributed by atoms with Gasteiger partial charge in [-0.15, -0.1) is 0 Å². The normalized spacial score (nSPS) is 14.4. The zero-order valence-corrected chi connectivity index (χ0v) is 8.61. The first-order chi connectivity index (χ1) is 7.07. The van der Waals surface area contributed by atoms with Crippen molar-refractivity contribution in [3.05, 3.63) is 35.6 Å². The summed E-state index contributed by atoms with van der Waals surface area (Å²) in [5, 5.41) is 9.52. The number of aliphatic hydroxyl groups excluding tert-OH is 1. The second kappa shape index (κ2) is 4.89. The minimum absolute atomic E-state index is 0.301. The monoisotopic (exact) mass is 212 g/mol. The first-order valence-electron chi connectivity index (χ1n) is 4.58. The Hall–Kier alpha value is -1.42. The van der Waals surface area contributed by atoms with Crippen LogP contribution < -0.4 is 0 Å². The zero-order chi connectivity index (χ0) is 11.4. The van der Waals surface area contributed by atoms with Gasteiger partial charge < -0.3 is 9.84 Å². The van der Waals surface area contributed by atoms with Gasteiger partial charge in [0, 0.05) is 5.92 Å². The number of carbonyl (C=O) groups is 1. The third kappa shape index (κ3) is 2.53. The molecule has 0 aliphatic carbocycles. The fourth-order valence-corrected chi connectivity index (χ4v) is 1.34. The van der Waals surface area contributed by atoms with E-state index >= 15 is 0 Å². The van der Waals surface area contributed by atoms with Crippen molar-refractivity contribution in [1.82, 2.24) is 0 Å². The number of esters is 1. The topological polar surface area (TPSA) is 46.5 Å². The molecule has 0 heterocycles. The van der Waals surface area contributed by atoms with Gasteiger partial charge in [0.15, 0.2) is 6.10 Å². The number of hydrogen-bond acceptors (Lipinski definition) is 3. The predicted octanol–water partition coefficient (Wildman–Crippen LogP) is 1.46. The van der Waals surface area contributed by atoms with E-state index in [-0.39, 0.29) is 0 Å². The van der Waals surface area contributed by atoms with E-state index in [1.807, 2.05) is 0 Å². The van der Waals surface area contributed by atoms with Gasteiger partial charge in [0.05, 0.1) is 7.11 Å². The number of ether oxygens (including phenoxy) is 1.